The third-order valence-electron chi connectivity index (χ3n) is 4.52. The first-order chi connectivity index (χ1) is 10.2. The predicted octanol–water partition coefficient (Wildman–Crippen LogP) is 3.53. The van der Waals surface area contributed by atoms with Crippen molar-refractivity contribution in [3.05, 3.63) is 35.9 Å². The fraction of sp³-hybridized carbons (Fsp3) is 0.412. The van der Waals surface area contributed by atoms with Crippen molar-refractivity contribution in [3.63, 3.8) is 0 Å². The number of hydrogen-bond donors (Lipinski definition) is 2. The van der Waals surface area contributed by atoms with E-state index in [2.05, 4.69) is 10.3 Å². The zero-order valence-corrected chi connectivity index (χ0v) is 11.7. The summed E-state index contributed by atoms with van der Waals surface area (Å²) in [6.45, 7) is 0. The van der Waals surface area contributed by atoms with Gasteiger partial charge in [0.15, 0.2) is 0 Å². The van der Waals surface area contributed by atoms with Crippen molar-refractivity contribution in [1.82, 2.24) is 4.98 Å². The summed E-state index contributed by atoms with van der Waals surface area (Å²) < 4.78 is 0. The zero-order valence-electron chi connectivity index (χ0n) is 11.7. The third-order valence-corrected chi connectivity index (χ3v) is 4.52. The molecule has 1 heterocycles. The van der Waals surface area contributed by atoms with Gasteiger partial charge >= 0.3 is 5.97 Å². The minimum absolute atomic E-state index is 0.327. The van der Waals surface area contributed by atoms with Gasteiger partial charge in [-0.2, -0.15) is 0 Å². The van der Waals surface area contributed by atoms with Crippen LogP contribution >= 0.6 is 0 Å². The van der Waals surface area contributed by atoms with Crippen molar-refractivity contribution >= 4 is 22.7 Å². The molecule has 0 atom stereocenters. The van der Waals surface area contributed by atoms with Gasteiger partial charge < -0.3 is 10.4 Å². The normalized spacial score (nSPS) is 18.1. The highest BCUT2D eigenvalue weighted by Crippen LogP contribution is 2.45. The number of rotatable bonds is 5. The molecule has 0 bridgehead atoms. The van der Waals surface area contributed by atoms with E-state index in [1.807, 2.05) is 24.3 Å². The molecular weight excluding hydrogens is 264 g/mol. The van der Waals surface area contributed by atoms with Gasteiger partial charge in [-0.1, -0.05) is 18.2 Å². The van der Waals surface area contributed by atoms with Gasteiger partial charge in [-0.15, -0.1) is 0 Å². The Bertz CT molecular complexity index is 693. The molecule has 2 aliphatic carbocycles. The molecule has 21 heavy (non-hydrogen) atoms. The molecule has 2 aliphatic rings. The average Bonchev–Trinajstić information content (AvgIpc) is 3.37. The molecule has 4 rings (SSSR count). The summed E-state index contributed by atoms with van der Waals surface area (Å²) in [5.41, 5.74) is 1.07. The van der Waals surface area contributed by atoms with Crippen LogP contribution in [0.3, 0.4) is 0 Å². The molecule has 4 nitrogen and oxygen atoms in total. The second kappa shape index (κ2) is 4.72. The number of nitrogens with zero attached hydrogens (tertiary/aromatic N) is 1. The summed E-state index contributed by atoms with van der Waals surface area (Å²) in [5, 5.41) is 13.6. The van der Waals surface area contributed by atoms with Crippen molar-refractivity contribution in [1.29, 1.82) is 0 Å². The number of aromatic nitrogens is 1. The van der Waals surface area contributed by atoms with E-state index in [1.165, 1.54) is 25.7 Å². The number of nitrogens with one attached hydrogen (secondary N) is 1. The number of anilines is 1. The van der Waals surface area contributed by atoms with Crippen LogP contribution < -0.4 is 5.32 Å². The molecule has 0 unspecified atom stereocenters. The van der Waals surface area contributed by atoms with E-state index in [0.717, 1.165) is 17.4 Å². The Morgan fingerprint density at radius 1 is 1.19 bits per heavy atom. The molecule has 108 valence electrons. The molecule has 2 aromatic rings. The Morgan fingerprint density at radius 3 is 2.48 bits per heavy atom. The van der Waals surface area contributed by atoms with Crippen molar-refractivity contribution in [2.75, 3.05) is 5.32 Å². The summed E-state index contributed by atoms with van der Waals surface area (Å²) in [5.74, 6) is 1.30. The third kappa shape index (κ3) is 2.46. The van der Waals surface area contributed by atoms with Gasteiger partial charge in [0, 0.05) is 11.4 Å². The fourth-order valence-electron chi connectivity index (χ4n) is 3.13. The molecule has 0 radical (unpaired) electrons. The maximum atomic E-state index is 11.5. The smallest absolute Gasteiger partial charge is 0.336 e. The lowest BCUT2D eigenvalue weighted by Gasteiger charge is -2.19. The number of carbonyl (C=O) groups is 1. The number of pyridine rings is 1. The van der Waals surface area contributed by atoms with E-state index in [9.17, 15) is 9.90 Å². The van der Waals surface area contributed by atoms with Gasteiger partial charge in [0.1, 0.15) is 5.82 Å². The summed E-state index contributed by atoms with van der Waals surface area (Å²) >= 11 is 0. The van der Waals surface area contributed by atoms with Crippen LogP contribution in [0.15, 0.2) is 30.3 Å². The number of fused-ring (bicyclic) bond motifs is 1. The quantitative estimate of drug-likeness (QED) is 0.880. The molecule has 4 heteroatoms. The summed E-state index contributed by atoms with van der Waals surface area (Å²) in [4.78, 5) is 16.1. The van der Waals surface area contributed by atoms with E-state index in [4.69, 9.17) is 0 Å². The Hall–Kier alpha value is -2.10. The Kier molecular flexibility index (Phi) is 2.84. The average molecular weight is 282 g/mol. The Balaban J connectivity index is 1.72. The van der Waals surface area contributed by atoms with Gasteiger partial charge in [-0.05, 0) is 49.7 Å². The number of benzene rings is 1. The van der Waals surface area contributed by atoms with Crippen molar-refractivity contribution in [3.8, 4) is 0 Å². The molecule has 1 aromatic carbocycles. The van der Waals surface area contributed by atoms with E-state index in [1.54, 1.807) is 6.07 Å². The van der Waals surface area contributed by atoms with E-state index in [-0.39, 0.29) is 0 Å². The van der Waals surface area contributed by atoms with Crippen LogP contribution in [0.25, 0.3) is 10.9 Å². The van der Waals surface area contributed by atoms with Gasteiger partial charge in [0.05, 0.1) is 11.1 Å². The molecule has 2 fully saturated rings. The molecule has 0 amide bonds. The SMILES string of the molecule is O=C(O)c1cc(NC(C2CC2)C2CC2)nc2ccccc12. The van der Waals surface area contributed by atoms with Crippen LogP contribution in [-0.4, -0.2) is 22.1 Å². The minimum Gasteiger partial charge on any atom is -0.478 e. The number of para-hydroxylation sites is 1. The van der Waals surface area contributed by atoms with Crippen molar-refractivity contribution in [2.24, 2.45) is 11.8 Å². The Labute approximate surface area is 123 Å². The lowest BCUT2D eigenvalue weighted by molar-refractivity contribution is 0.0699. The summed E-state index contributed by atoms with van der Waals surface area (Å²) in [6.07, 6.45) is 5.14. The first-order valence-corrected chi connectivity index (χ1v) is 7.62. The molecular formula is C17H18N2O2. The fourth-order valence-corrected chi connectivity index (χ4v) is 3.13. The lowest BCUT2D eigenvalue weighted by atomic mass is 10.1. The second-order valence-electron chi connectivity index (χ2n) is 6.22. The lowest BCUT2D eigenvalue weighted by Crippen LogP contribution is -2.25. The van der Waals surface area contributed by atoms with Gasteiger partial charge in [0.2, 0.25) is 0 Å². The zero-order chi connectivity index (χ0) is 14.4. The molecule has 0 spiro atoms. The number of hydrogen-bond acceptors (Lipinski definition) is 3. The Morgan fingerprint density at radius 2 is 1.86 bits per heavy atom. The topological polar surface area (TPSA) is 62.2 Å². The first kappa shape index (κ1) is 12.6. The first-order valence-electron chi connectivity index (χ1n) is 7.62. The van der Waals surface area contributed by atoms with E-state index >= 15 is 0 Å². The van der Waals surface area contributed by atoms with Gasteiger partial charge in [-0.25, -0.2) is 9.78 Å². The highest BCUT2D eigenvalue weighted by atomic mass is 16.4. The molecule has 2 N–H and O–H groups in total. The van der Waals surface area contributed by atoms with Crippen molar-refractivity contribution < 1.29 is 9.90 Å². The summed E-state index contributed by atoms with van der Waals surface area (Å²) in [6, 6.07) is 9.58. The molecule has 2 saturated carbocycles. The molecule has 0 aliphatic heterocycles. The monoisotopic (exact) mass is 282 g/mol. The van der Waals surface area contributed by atoms with Crippen LogP contribution in [0.1, 0.15) is 36.0 Å². The summed E-state index contributed by atoms with van der Waals surface area (Å²) in [7, 11) is 0. The minimum atomic E-state index is -0.897. The highest BCUT2D eigenvalue weighted by Gasteiger charge is 2.41. The van der Waals surface area contributed by atoms with Crippen LogP contribution in [-0.2, 0) is 0 Å². The molecule has 0 saturated heterocycles. The van der Waals surface area contributed by atoms with Gasteiger partial charge in [-0.3, -0.25) is 0 Å². The number of carboxylic acid groups (broad SMARTS) is 1. The largest absolute Gasteiger partial charge is 0.478 e. The van der Waals surface area contributed by atoms with E-state index < -0.39 is 5.97 Å². The van der Waals surface area contributed by atoms with Crippen molar-refractivity contribution in [2.45, 2.75) is 31.7 Å². The maximum Gasteiger partial charge on any atom is 0.336 e. The number of carboxylic acids is 1. The van der Waals surface area contributed by atoms with Crippen LogP contribution in [0, 0.1) is 11.8 Å². The van der Waals surface area contributed by atoms with Crippen LogP contribution in [0.4, 0.5) is 5.82 Å². The molecule has 1 aromatic heterocycles. The second-order valence-corrected chi connectivity index (χ2v) is 6.22. The van der Waals surface area contributed by atoms with E-state index in [0.29, 0.717) is 22.8 Å². The van der Waals surface area contributed by atoms with Crippen LogP contribution in [0.5, 0.6) is 0 Å². The standard InChI is InChI=1S/C17H18N2O2/c20-17(21)13-9-15(18-14-4-2-1-3-12(13)14)19-16(10-5-6-10)11-7-8-11/h1-4,9-11,16H,5-8H2,(H,18,19)(H,20,21). The van der Waals surface area contributed by atoms with Gasteiger partial charge in [0.25, 0.3) is 0 Å². The highest BCUT2D eigenvalue weighted by molar-refractivity contribution is 6.03. The number of aromatic carboxylic acids is 1. The van der Waals surface area contributed by atoms with Crippen LogP contribution in [0.2, 0.25) is 0 Å². The maximum absolute atomic E-state index is 11.5. The predicted molar refractivity (Wildman–Crippen MR) is 81.6 cm³/mol.